The minimum Gasteiger partial charge on any atom is -0.361 e. The Kier molecular flexibility index (Phi) is 4.44. The summed E-state index contributed by atoms with van der Waals surface area (Å²) in [6.07, 6.45) is 5.97. The zero-order valence-electron chi connectivity index (χ0n) is 15.9. The molecule has 162 valence electrons. The van der Waals surface area contributed by atoms with Crippen LogP contribution in [0.4, 0.5) is 18.9 Å². The van der Waals surface area contributed by atoms with Gasteiger partial charge in [-0.25, -0.2) is 13.4 Å². The highest BCUT2D eigenvalue weighted by Gasteiger charge is 2.63. The van der Waals surface area contributed by atoms with Crippen LogP contribution in [0.25, 0.3) is 0 Å². The molecule has 3 aliphatic carbocycles. The molecule has 0 amide bonds. The molecule has 1 aromatic carbocycles. The minimum atomic E-state index is -5.48. The molecule has 3 fully saturated rings. The molecular formula is C19H20ClF3N4O2S. The lowest BCUT2D eigenvalue weighted by atomic mass is 9.41. The first kappa shape index (κ1) is 20.1. The number of halogens is 4. The van der Waals surface area contributed by atoms with Crippen LogP contribution >= 0.6 is 11.6 Å². The van der Waals surface area contributed by atoms with Gasteiger partial charge >= 0.3 is 15.5 Å². The van der Waals surface area contributed by atoms with Crippen molar-refractivity contribution in [2.45, 2.75) is 43.9 Å². The van der Waals surface area contributed by atoms with Gasteiger partial charge in [-0.15, -0.1) is 0 Å². The fraction of sp³-hybridized carbons (Fsp3) is 0.526. The van der Waals surface area contributed by atoms with Crippen LogP contribution in [-0.2, 0) is 23.1 Å². The van der Waals surface area contributed by atoms with E-state index in [9.17, 15) is 21.6 Å². The number of aromatic amines is 1. The van der Waals surface area contributed by atoms with E-state index >= 15 is 0 Å². The minimum absolute atomic E-state index is 0.161. The molecule has 1 aliphatic heterocycles. The Labute approximate surface area is 177 Å². The van der Waals surface area contributed by atoms with E-state index in [0.29, 0.717) is 33.0 Å². The fourth-order valence-corrected chi connectivity index (χ4v) is 6.37. The highest BCUT2D eigenvalue weighted by molar-refractivity contribution is 7.89. The van der Waals surface area contributed by atoms with Crippen LogP contribution < -0.4 is 4.90 Å². The molecule has 1 atom stereocenters. The molecule has 2 bridgehead atoms. The number of fused-ring (bicyclic) bond motifs is 1. The zero-order chi connectivity index (χ0) is 21.3. The normalized spacial score (nSPS) is 29.0. The lowest BCUT2D eigenvalue weighted by molar-refractivity contribution is -0.129. The van der Waals surface area contributed by atoms with E-state index < -0.39 is 15.5 Å². The number of aromatic nitrogens is 2. The number of H-pyrrole nitrogens is 1. The van der Waals surface area contributed by atoms with Gasteiger partial charge in [0.2, 0.25) is 0 Å². The number of hydrogen-bond donors (Lipinski definition) is 1. The van der Waals surface area contributed by atoms with Gasteiger partial charge < -0.3 is 9.88 Å². The Hall–Kier alpha value is -1.78. The van der Waals surface area contributed by atoms with Crippen molar-refractivity contribution in [2.75, 3.05) is 11.4 Å². The lowest BCUT2D eigenvalue weighted by Gasteiger charge is -2.67. The van der Waals surface area contributed by atoms with Gasteiger partial charge in [-0.05, 0) is 54.4 Å². The molecule has 3 saturated carbocycles. The van der Waals surface area contributed by atoms with E-state index in [4.69, 9.17) is 11.6 Å². The largest absolute Gasteiger partial charge is 0.511 e. The van der Waals surface area contributed by atoms with Crippen molar-refractivity contribution in [3.63, 3.8) is 0 Å². The topological polar surface area (TPSA) is 69.3 Å². The maximum atomic E-state index is 13.5. The summed E-state index contributed by atoms with van der Waals surface area (Å²) in [5.74, 6) is 0.597. The van der Waals surface area contributed by atoms with E-state index in [0.717, 1.165) is 25.0 Å². The molecule has 11 heteroatoms. The van der Waals surface area contributed by atoms with Crippen LogP contribution in [0.2, 0.25) is 5.02 Å². The number of nitrogens with zero attached hydrogens (tertiary/aromatic N) is 3. The van der Waals surface area contributed by atoms with Gasteiger partial charge in [0.1, 0.15) is 0 Å². The molecule has 6 nitrogen and oxygen atoms in total. The van der Waals surface area contributed by atoms with Crippen LogP contribution in [0.15, 0.2) is 30.7 Å². The molecule has 4 aliphatic rings. The maximum absolute atomic E-state index is 13.5. The van der Waals surface area contributed by atoms with Crippen molar-refractivity contribution < 1.29 is 21.6 Å². The molecule has 6 rings (SSSR count). The van der Waals surface area contributed by atoms with E-state index in [-0.39, 0.29) is 24.5 Å². The Morgan fingerprint density at radius 3 is 2.57 bits per heavy atom. The molecule has 0 spiro atoms. The highest BCUT2D eigenvalue weighted by Crippen LogP contribution is 2.67. The Morgan fingerprint density at radius 1 is 1.27 bits per heavy atom. The van der Waals surface area contributed by atoms with Crippen molar-refractivity contribution >= 4 is 27.3 Å². The van der Waals surface area contributed by atoms with E-state index in [1.807, 2.05) is 4.90 Å². The third-order valence-corrected chi connectivity index (χ3v) is 8.55. The smallest absolute Gasteiger partial charge is 0.361 e. The van der Waals surface area contributed by atoms with Crippen LogP contribution in [0.1, 0.15) is 30.5 Å². The van der Waals surface area contributed by atoms with Crippen LogP contribution in [0, 0.1) is 11.3 Å². The number of alkyl halides is 3. The number of anilines is 1. The summed E-state index contributed by atoms with van der Waals surface area (Å²) in [6, 6.07) is 4.65. The number of sulfonamides is 1. The quantitative estimate of drug-likeness (QED) is 0.751. The Balaban J connectivity index is 1.63. The van der Waals surface area contributed by atoms with Crippen molar-refractivity contribution in [1.82, 2.24) is 14.3 Å². The summed E-state index contributed by atoms with van der Waals surface area (Å²) in [5.41, 5.74) is -3.54. The summed E-state index contributed by atoms with van der Waals surface area (Å²) < 4.78 is 65.8. The van der Waals surface area contributed by atoms with Gasteiger partial charge in [-0.3, -0.25) is 0 Å². The second-order valence-electron chi connectivity index (χ2n) is 8.58. The third-order valence-electron chi connectivity index (χ3n) is 6.77. The first-order valence-corrected chi connectivity index (χ1v) is 11.5. The van der Waals surface area contributed by atoms with Gasteiger partial charge in [-0.2, -0.15) is 17.5 Å². The predicted molar refractivity (Wildman–Crippen MR) is 105 cm³/mol. The summed E-state index contributed by atoms with van der Waals surface area (Å²) in [7, 11) is -5.48. The number of imidazole rings is 1. The van der Waals surface area contributed by atoms with Gasteiger partial charge in [0, 0.05) is 36.0 Å². The molecular weight excluding hydrogens is 441 g/mol. The first-order valence-electron chi connectivity index (χ1n) is 9.68. The van der Waals surface area contributed by atoms with Crippen LogP contribution in [-0.4, -0.2) is 40.8 Å². The second-order valence-corrected chi connectivity index (χ2v) is 10.9. The van der Waals surface area contributed by atoms with Gasteiger partial charge in [-0.1, -0.05) is 11.6 Å². The zero-order valence-corrected chi connectivity index (χ0v) is 17.4. The molecule has 1 unspecified atom stereocenters. The maximum Gasteiger partial charge on any atom is 0.511 e. The molecule has 0 saturated heterocycles. The highest BCUT2D eigenvalue weighted by atomic mass is 35.5. The standard InChI is InChI=1S/C19H20ClF3N4O2S/c20-14-1-2-16-13(3-14)8-26(30(28,29)19(21,22)23)10-17(18-4-12(5-18)6-18)27(16)9-15-7-24-11-25-15/h1-3,7,11-12,17H,4-6,8-10H2,(H,24,25). The molecule has 2 aromatic rings. The number of rotatable bonds is 4. The second kappa shape index (κ2) is 6.61. The van der Waals surface area contributed by atoms with Gasteiger partial charge in [0.05, 0.1) is 18.6 Å². The molecule has 1 aromatic heterocycles. The van der Waals surface area contributed by atoms with Gasteiger partial charge in [0.25, 0.3) is 0 Å². The lowest BCUT2D eigenvalue weighted by Crippen LogP contribution is -2.66. The average Bonchev–Trinajstić information content (AvgIpc) is 3.03. The van der Waals surface area contributed by atoms with E-state index in [2.05, 4.69) is 9.97 Å². The van der Waals surface area contributed by atoms with Crippen LogP contribution in [0.3, 0.4) is 0 Å². The van der Waals surface area contributed by atoms with Gasteiger partial charge in [0.15, 0.2) is 0 Å². The molecule has 30 heavy (non-hydrogen) atoms. The van der Waals surface area contributed by atoms with Crippen molar-refractivity contribution in [3.05, 3.63) is 47.0 Å². The van der Waals surface area contributed by atoms with E-state index in [1.54, 1.807) is 30.7 Å². The first-order chi connectivity index (χ1) is 14.1. The predicted octanol–water partition coefficient (Wildman–Crippen LogP) is 3.90. The third kappa shape index (κ3) is 3.03. The van der Waals surface area contributed by atoms with Crippen molar-refractivity contribution in [1.29, 1.82) is 0 Å². The van der Waals surface area contributed by atoms with Crippen LogP contribution in [0.5, 0.6) is 0 Å². The summed E-state index contributed by atoms with van der Waals surface area (Å²) in [5, 5.41) is 0.351. The van der Waals surface area contributed by atoms with E-state index in [1.165, 1.54) is 0 Å². The number of nitrogens with one attached hydrogen (secondary N) is 1. The summed E-state index contributed by atoms with van der Waals surface area (Å²) in [6.45, 7) is -0.187. The monoisotopic (exact) mass is 460 g/mol. The van der Waals surface area contributed by atoms with Crippen molar-refractivity contribution in [2.24, 2.45) is 11.3 Å². The Bertz CT molecular complexity index is 1060. The van der Waals surface area contributed by atoms with Crippen molar-refractivity contribution in [3.8, 4) is 0 Å². The molecule has 0 radical (unpaired) electrons. The summed E-state index contributed by atoms with van der Waals surface area (Å²) >= 11 is 6.12. The molecule has 1 N–H and O–H groups in total. The average molecular weight is 461 g/mol. The summed E-state index contributed by atoms with van der Waals surface area (Å²) in [4.78, 5) is 9.13. The Morgan fingerprint density at radius 2 is 2.00 bits per heavy atom. The number of hydrogen-bond acceptors (Lipinski definition) is 4. The fourth-order valence-electron chi connectivity index (χ4n) is 5.23. The molecule has 2 heterocycles. The SMILES string of the molecule is O=S(=O)(N1Cc2cc(Cl)ccc2N(Cc2cnc[nH]2)C(C23CC(C2)C3)C1)C(F)(F)F. The number of benzene rings is 1.